The quantitative estimate of drug-likeness (QED) is 0.750. The molecule has 0 bridgehead atoms. The minimum absolute atomic E-state index is 0.0614. The second kappa shape index (κ2) is 7.78. The summed E-state index contributed by atoms with van der Waals surface area (Å²) in [7, 11) is 2.03. The van der Waals surface area contributed by atoms with Crippen LogP contribution in [-0.2, 0) is 4.79 Å². The van der Waals surface area contributed by atoms with Gasteiger partial charge in [-0.1, -0.05) is 20.3 Å². The number of carbonyl (C=O) groups is 2. The topological polar surface area (TPSA) is 78.7 Å². The van der Waals surface area contributed by atoms with Gasteiger partial charge in [0.1, 0.15) is 0 Å². The van der Waals surface area contributed by atoms with Crippen LogP contribution in [0, 0.1) is 11.3 Å². The first-order valence-corrected chi connectivity index (χ1v) is 10.6. The van der Waals surface area contributed by atoms with Crippen LogP contribution in [0.5, 0.6) is 0 Å². The fourth-order valence-electron chi connectivity index (χ4n) is 4.46. The molecule has 2 unspecified atom stereocenters. The van der Waals surface area contributed by atoms with Crippen LogP contribution in [0.3, 0.4) is 0 Å². The number of nitrogens with zero attached hydrogens (tertiary/aromatic N) is 3. The first-order chi connectivity index (χ1) is 13.9. The van der Waals surface area contributed by atoms with Crippen molar-refractivity contribution in [3.05, 3.63) is 36.2 Å². The Labute approximate surface area is 171 Å². The highest BCUT2D eigenvalue weighted by molar-refractivity contribution is 6.00. The predicted molar refractivity (Wildman–Crippen MR) is 112 cm³/mol. The number of fused-ring (bicyclic) bond motifs is 1. The zero-order chi connectivity index (χ0) is 20.6. The Hall–Kier alpha value is -2.41. The van der Waals surface area contributed by atoms with E-state index in [9.17, 15) is 9.59 Å². The Morgan fingerprint density at radius 1 is 1.31 bits per heavy atom. The van der Waals surface area contributed by atoms with Crippen molar-refractivity contribution in [3.63, 3.8) is 0 Å². The highest BCUT2D eigenvalue weighted by Crippen LogP contribution is 2.46. The molecule has 0 spiro atoms. The molecule has 2 aliphatic carbocycles. The molecule has 2 aromatic heterocycles. The summed E-state index contributed by atoms with van der Waals surface area (Å²) < 4.78 is 1.71. The average Bonchev–Trinajstić information content (AvgIpc) is 3.10. The normalized spacial score (nSPS) is 23.4. The van der Waals surface area contributed by atoms with E-state index in [2.05, 4.69) is 34.5 Å². The lowest BCUT2D eigenvalue weighted by atomic mass is 9.58. The average molecular weight is 398 g/mol. The van der Waals surface area contributed by atoms with Crippen molar-refractivity contribution < 1.29 is 9.59 Å². The van der Waals surface area contributed by atoms with Crippen LogP contribution < -0.4 is 10.6 Å². The van der Waals surface area contributed by atoms with Gasteiger partial charge in [-0.3, -0.25) is 14.5 Å². The van der Waals surface area contributed by atoms with E-state index >= 15 is 0 Å². The molecule has 2 aromatic rings. The minimum atomic E-state index is -0.0706. The second-order valence-corrected chi connectivity index (χ2v) is 9.17. The van der Waals surface area contributed by atoms with E-state index in [-0.39, 0.29) is 23.3 Å². The van der Waals surface area contributed by atoms with Gasteiger partial charge in [0.25, 0.3) is 5.91 Å². The molecule has 29 heavy (non-hydrogen) atoms. The molecule has 2 aliphatic rings. The zero-order valence-electron chi connectivity index (χ0n) is 17.5. The standard InChI is InChI=1S/C22H31N5O2/c1-22(2)15(13-23-20(28)14-26(3)16-6-4-7-16)12-19(22)25-21(29)17-8-5-11-27-18(17)9-10-24-27/h5,8-11,15-16,19H,4,6-7,12-14H2,1-3H3,(H,23,28)(H,25,29). The molecule has 0 aromatic carbocycles. The zero-order valence-corrected chi connectivity index (χ0v) is 17.5. The monoisotopic (exact) mass is 397 g/mol. The van der Waals surface area contributed by atoms with Gasteiger partial charge in [0.2, 0.25) is 5.91 Å². The van der Waals surface area contributed by atoms with Crippen LogP contribution in [0.25, 0.3) is 5.52 Å². The first kappa shape index (κ1) is 19.9. The molecule has 7 nitrogen and oxygen atoms in total. The smallest absolute Gasteiger partial charge is 0.253 e. The van der Waals surface area contributed by atoms with Crippen molar-refractivity contribution in [2.75, 3.05) is 20.1 Å². The number of aromatic nitrogens is 2. The molecule has 2 saturated carbocycles. The lowest BCUT2D eigenvalue weighted by Gasteiger charge is -2.52. The summed E-state index contributed by atoms with van der Waals surface area (Å²) in [4.78, 5) is 27.2. The summed E-state index contributed by atoms with van der Waals surface area (Å²) in [5.74, 6) is 0.380. The van der Waals surface area contributed by atoms with Crippen LogP contribution in [0.15, 0.2) is 30.6 Å². The van der Waals surface area contributed by atoms with Gasteiger partial charge in [-0.05, 0) is 55.8 Å². The van der Waals surface area contributed by atoms with E-state index in [0.29, 0.717) is 30.6 Å². The molecule has 2 fully saturated rings. The lowest BCUT2D eigenvalue weighted by Crippen LogP contribution is -2.61. The summed E-state index contributed by atoms with van der Waals surface area (Å²) in [6.07, 6.45) is 8.08. The number of pyridine rings is 1. The van der Waals surface area contributed by atoms with Gasteiger partial charge in [-0.15, -0.1) is 0 Å². The van der Waals surface area contributed by atoms with Crippen LogP contribution in [0.2, 0.25) is 0 Å². The van der Waals surface area contributed by atoms with Gasteiger partial charge >= 0.3 is 0 Å². The maximum Gasteiger partial charge on any atom is 0.253 e. The third-order valence-corrected chi connectivity index (χ3v) is 7.09. The maximum absolute atomic E-state index is 12.8. The van der Waals surface area contributed by atoms with Crippen LogP contribution in [-0.4, -0.2) is 58.5 Å². The van der Waals surface area contributed by atoms with Crippen molar-refractivity contribution in [3.8, 4) is 0 Å². The van der Waals surface area contributed by atoms with Crippen LogP contribution in [0.1, 0.15) is 49.9 Å². The molecule has 0 radical (unpaired) electrons. The molecule has 7 heteroatoms. The first-order valence-electron chi connectivity index (χ1n) is 10.6. The SMILES string of the molecule is CN(CC(=O)NCC1CC(NC(=O)c2cccn3nccc23)C1(C)C)C1CCC1. The summed E-state index contributed by atoms with van der Waals surface area (Å²) >= 11 is 0. The second-order valence-electron chi connectivity index (χ2n) is 9.17. The van der Waals surface area contributed by atoms with E-state index < -0.39 is 0 Å². The molecule has 0 saturated heterocycles. The van der Waals surface area contributed by atoms with Gasteiger partial charge in [0.05, 0.1) is 23.8 Å². The molecule has 0 aliphatic heterocycles. The number of hydrogen-bond acceptors (Lipinski definition) is 4. The fourth-order valence-corrected chi connectivity index (χ4v) is 4.46. The largest absolute Gasteiger partial charge is 0.355 e. The fraction of sp³-hybridized carbons (Fsp3) is 0.591. The summed E-state index contributed by atoms with van der Waals surface area (Å²) in [6, 6.07) is 6.17. The Kier molecular flexibility index (Phi) is 5.34. The summed E-state index contributed by atoms with van der Waals surface area (Å²) in [6.45, 7) is 5.46. The molecular weight excluding hydrogens is 366 g/mol. The molecule has 2 amide bonds. The minimum Gasteiger partial charge on any atom is -0.355 e. The van der Waals surface area contributed by atoms with Crippen LogP contribution >= 0.6 is 0 Å². The van der Waals surface area contributed by atoms with Gasteiger partial charge in [0, 0.05) is 24.8 Å². The van der Waals surface area contributed by atoms with E-state index in [1.54, 1.807) is 10.7 Å². The highest BCUT2D eigenvalue weighted by Gasteiger charge is 2.48. The summed E-state index contributed by atoms with van der Waals surface area (Å²) in [5, 5.41) is 10.5. The van der Waals surface area contributed by atoms with E-state index in [1.807, 2.05) is 31.4 Å². The number of hydrogen-bond donors (Lipinski definition) is 2. The third-order valence-electron chi connectivity index (χ3n) is 7.09. The van der Waals surface area contributed by atoms with Crippen molar-refractivity contribution in [2.45, 2.75) is 51.6 Å². The molecule has 2 heterocycles. The van der Waals surface area contributed by atoms with E-state index in [4.69, 9.17) is 0 Å². The van der Waals surface area contributed by atoms with Gasteiger partial charge < -0.3 is 10.6 Å². The molecular formula is C22H31N5O2. The van der Waals surface area contributed by atoms with Crippen molar-refractivity contribution in [1.82, 2.24) is 25.1 Å². The lowest BCUT2D eigenvalue weighted by molar-refractivity contribution is -0.123. The molecule has 4 rings (SSSR count). The highest BCUT2D eigenvalue weighted by atomic mass is 16.2. The Balaban J connectivity index is 1.28. The summed E-state index contributed by atoms with van der Waals surface area (Å²) in [5.41, 5.74) is 1.38. The Morgan fingerprint density at radius 3 is 2.79 bits per heavy atom. The van der Waals surface area contributed by atoms with Crippen molar-refractivity contribution in [1.29, 1.82) is 0 Å². The third kappa shape index (κ3) is 3.88. The number of rotatable bonds is 7. The Bertz CT molecular complexity index is 901. The number of likely N-dealkylation sites (N-methyl/N-ethyl adjacent to an activating group) is 1. The van der Waals surface area contributed by atoms with Gasteiger partial charge in [0.15, 0.2) is 0 Å². The van der Waals surface area contributed by atoms with E-state index in [1.165, 1.54) is 19.3 Å². The maximum atomic E-state index is 12.8. The van der Waals surface area contributed by atoms with Crippen LogP contribution in [0.4, 0.5) is 0 Å². The van der Waals surface area contributed by atoms with Crippen molar-refractivity contribution in [2.24, 2.45) is 11.3 Å². The van der Waals surface area contributed by atoms with Gasteiger partial charge in [-0.25, -0.2) is 4.52 Å². The van der Waals surface area contributed by atoms with Crippen molar-refractivity contribution >= 4 is 17.3 Å². The molecule has 156 valence electrons. The van der Waals surface area contributed by atoms with Gasteiger partial charge in [-0.2, -0.15) is 5.10 Å². The molecule has 2 atom stereocenters. The number of nitrogens with one attached hydrogen (secondary N) is 2. The molecule has 2 N–H and O–H groups in total. The predicted octanol–water partition coefficient (Wildman–Crippen LogP) is 2.08. The van der Waals surface area contributed by atoms with E-state index in [0.717, 1.165) is 11.9 Å². The number of carbonyl (C=O) groups excluding carboxylic acids is 2. The number of amides is 2. The Morgan fingerprint density at radius 2 is 2.10 bits per heavy atom.